The molecule has 6 nitrogen and oxygen atoms in total. The minimum atomic E-state index is -0.918. The SMILES string of the molecule is COc1cc(N)ccc1C(=O)NC(N)=O. The highest BCUT2D eigenvalue weighted by Gasteiger charge is 2.13. The molecule has 0 atom stereocenters. The normalized spacial score (nSPS) is 9.40. The molecule has 0 unspecified atom stereocenters. The molecule has 0 fully saturated rings. The van der Waals surface area contributed by atoms with E-state index in [-0.39, 0.29) is 11.3 Å². The summed E-state index contributed by atoms with van der Waals surface area (Å²) in [5.41, 5.74) is 11.0. The van der Waals surface area contributed by atoms with Crippen molar-refractivity contribution in [1.82, 2.24) is 5.32 Å². The maximum atomic E-state index is 11.4. The van der Waals surface area contributed by atoms with Gasteiger partial charge in [0.05, 0.1) is 12.7 Å². The number of ether oxygens (including phenoxy) is 1. The van der Waals surface area contributed by atoms with Crippen LogP contribution in [0.2, 0.25) is 0 Å². The van der Waals surface area contributed by atoms with Crippen LogP contribution in [0, 0.1) is 0 Å². The second-order valence-electron chi connectivity index (χ2n) is 2.78. The summed E-state index contributed by atoms with van der Waals surface area (Å²) < 4.78 is 4.94. The van der Waals surface area contributed by atoms with Crippen LogP contribution in [-0.2, 0) is 0 Å². The van der Waals surface area contributed by atoms with Gasteiger partial charge < -0.3 is 16.2 Å². The summed E-state index contributed by atoms with van der Waals surface area (Å²) >= 11 is 0. The molecule has 0 spiro atoms. The van der Waals surface area contributed by atoms with Crippen molar-refractivity contribution in [2.45, 2.75) is 0 Å². The lowest BCUT2D eigenvalue weighted by molar-refractivity contribution is 0.0963. The van der Waals surface area contributed by atoms with Crippen LogP contribution < -0.4 is 21.5 Å². The minimum Gasteiger partial charge on any atom is -0.496 e. The summed E-state index contributed by atoms with van der Waals surface area (Å²) in [6.07, 6.45) is 0. The highest BCUT2D eigenvalue weighted by Crippen LogP contribution is 2.21. The zero-order valence-electron chi connectivity index (χ0n) is 8.11. The van der Waals surface area contributed by atoms with Crippen molar-refractivity contribution in [3.05, 3.63) is 23.8 Å². The monoisotopic (exact) mass is 209 g/mol. The molecule has 0 aromatic heterocycles. The standard InChI is InChI=1S/C9H11N3O3/c1-15-7-4-5(10)2-3-6(7)8(13)12-9(11)14/h2-4H,10H2,1H3,(H3,11,12,13,14). The van der Waals surface area contributed by atoms with Crippen molar-refractivity contribution in [2.24, 2.45) is 5.73 Å². The molecule has 6 heteroatoms. The molecule has 1 aromatic rings. The van der Waals surface area contributed by atoms with E-state index >= 15 is 0 Å². The Morgan fingerprint density at radius 2 is 2.07 bits per heavy atom. The topological polar surface area (TPSA) is 107 Å². The van der Waals surface area contributed by atoms with Gasteiger partial charge >= 0.3 is 6.03 Å². The first-order chi connectivity index (χ1) is 7.04. The first-order valence-electron chi connectivity index (χ1n) is 4.09. The van der Waals surface area contributed by atoms with E-state index in [9.17, 15) is 9.59 Å². The van der Waals surface area contributed by atoms with Gasteiger partial charge in [0, 0.05) is 11.8 Å². The predicted octanol–water partition coefficient (Wildman–Crippen LogP) is 0.0859. The van der Waals surface area contributed by atoms with Crippen LogP contribution in [0.1, 0.15) is 10.4 Å². The molecular weight excluding hydrogens is 198 g/mol. The number of benzene rings is 1. The maximum Gasteiger partial charge on any atom is 0.319 e. The number of carbonyl (C=O) groups excluding carboxylic acids is 2. The molecule has 0 saturated heterocycles. The van der Waals surface area contributed by atoms with E-state index in [1.54, 1.807) is 0 Å². The van der Waals surface area contributed by atoms with E-state index in [1.807, 2.05) is 5.32 Å². The Balaban J connectivity index is 3.02. The average molecular weight is 209 g/mol. The lowest BCUT2D eigenvalue weighted by Crippen LogP contribution is -2.35. The zero-order valence-corrected chi connectivity index (χ0v) is 8.11. The van der Waals surface area contributed by atoms with Crippen molar-refractivity contribution in [3.63, 3.8) is 0 Å². The molecule has 80 valence electrons. The molecule has 1 aromatic carbocycles. The van der Waals surface area contributed by atoms with Crippen molar-refractivity contribution in [2.75, 3.05) is 12.8 Å². The first-order valence-corrected chi connectivity index (χ1v) is 4.09. The minimum absolute atomic E-state index is 0.200. The molecule has 5 N–H and O–H groups in total. The van der Waals surface area contributed by atoms with Crippen molar-refractivity contribution in [1.29, 1.82) is 0 Å². The largest absolute Gasteiger partial charge is 0.496 e. The van der Waals surface area contributed by atoms with Gasteiger partial charge in [0.25, 0.3) is 5.91 Å². The van der Waals surface area contributed by atoms with Crippen LogP contribution in [-0.4, -0.2) is 19.0 Å². The van der Waals surface area contributed by atoms with Crippen LogP contribution in [0.3, 0.4) is 0 Å². The molecule has 0 aliphatic heterocycles. The molecule has 15 heavy (non-hydrogen) atoms. The van der Waals surface area contributed by atoms with Crippen LogP contribution in [0.4, 0.5) is 10.5 Å². The summed E-state index contributed by atoms with van der Waals surface area (Å²) in [5.74, 6) is -0.340. The predicted molar refractivity (Wildman–Crippen MR) is 54.5 cm³/mol. The summed E-state index contributed by atoms with van der Waals surface area (Å²) in [4.78, 5) is 21.9. The highest BCUT2D eigenvalue weighted by atomic mass is 16.5. The van der Waals surface area contributed by atoms with E-state index in [1.165, 1.54) is 25.3 Å². The number of anilines is 1. The molecule has 0 radical (unpaired) electrons. The second kappa shape index (κ2) is 4.32. The van der Waals surface area contributed by atoms with Crippen LogP contribution >= 0.6 is 0 Å². The third-order valence-corrected chi connectivity index (χ3v) is 1.71. The number of nitrogen functional groups attached to an aromatic ring is 1. The van der Waals surface area contributed by atoms with Gasteiger partial charge in [0.2, 0.25) is 0 Å². The fourth-order valence-electron chi connectivity index (χ4n) is 1.07. The number of rotatable bonds is 2. The molecule has 0 heterocycles. The summed E-state index contributed by atoms with van der Waals surface area (Å²) in [5, 5.41) is 1.93. The third kappa shape index (κ3) is 2.60. The molecular formula is C9H11N3O3. The number of primary amides is 1. The number of imide groups is 1. The average Bonchev–Trinajstić information content (AvgIpc) is 2.16. The fourth-order valence-corrected chi connectivity index (χ4v) is 1.07. The maximum absolute atomic E-state index is 11.4. The van der Waals surface area contributed by atoms with Crippen LogP contribution in [0.25, 0.3) is 0 Å². The molecule has 3 amide bonds. The number of carbonyl (C=O) groups is 2. The van der Waals surface area contributed by atoms with Crippen molar-refractivity contribution < 1.29 is 14.3 Å². The van der Waals surface area contributed by atoms with Gasteiger partial charge in [-0.1, -0.05) is 0 Å². The summed E-state index contributed by atoms with van der Waals surface area (Å²) in [6.45, 7) is 0. The van der Waals surface area contributed by atoms with E-state index in [0.29, 0.717) is 5.69 Å². The van der Waals surface area contributed by atoms with Crippen molar-refractivity contribution in [3.8, 4) is 5.75 Å². The first kappa shape index (κ1) is 10.8. The number of hydrogen-bond donors (Lipinski definition) is 3. The van der Waals surface area contributed by atoms with Gasteiger partial charge in [-0.2, -0.15) is 0 Å². The molecule has 1 rings (SSSR count). The van der Waals surface area contributed by atoms with Gasteiger partial charge in [0.15, 0.2) is 0 Å². The lowest BCUT2D eigenvalue weighted by atomic mass is 10.1. The molecule has 0 aliphatic rings. The Bertz CT molecular complexity index is 404. The number of nitrogens with one attached hydrogen (secondary N) is 1. The Morgan fingerprint density at radius 3 is 2.60 bits per heavy atom. The number of urea groups is 1. The number of hydrogen-bond acceptors (Lipinski definition) is 4. The second-order valence-corrected chi connectivity index (χ2v) is 2.78. The Hall–Kier alpha value is -2.24. The number of nitrogens with two attached hydrogens (primary N) is 2. The van der Waals surface area contributed by atoms with Crippen LogP contribution in [0.5, 0.6) is 5.75 Å². The summed E-state index contributed by atoms with van der Waals surface area (Å²) in [6, 6.07) is 3.54. The zero-order chi connectivity index (χ0) is 11.4. The molecule has 0 saturated carbocycles. The number of methoxy groups -OCH3 is 1. The van der Waals surface area contributed by atoms with E-state index in [2.05, 4.69) is 0 Å². The van der Waals surface area contributed by atoms with Gasteiger partial charge in [-0.25, -0.2) is 4.79 Å². The summed E-state index contributed by atoms with van der Waals surface area (Å²) in [7, 11) is 1.40. The third-order valence-electron chi connectivity index (χ3n) is 1.71. The van der Waals surface area contributed by atoms with E-state index < -0.39 is 11.9 Å². The fraction of sp³-hybridized carbons (Fsp3) is 0.111. The van der Waals surface area contributed by atoms with Gasteiger partial charge in [-0.3, -0.25) is 10.1 Å². The lowest BCUT2D eigenvalue weighted by Gasteiger charge is -2.07. The molecule has 0 bridgehead atoms. The molecule has 0 aliphatic carbocycles. The quantitative estimate of drug-likeness (QED) is 0.599. The van der Waals surface area contributed by atoms with Gasteiger partial charge in [-0.15, -0.1) is 0 Å². The van der Waals surface area contributed by atoms with Gasteiger partial charge in [0.1, 0.15) is 5.75 Å². The van der Waals surface area contributed by atoms with E-state index in [0.717, 1.165) is 0 Å². The smallest absolute Gasteiger partial charge is 0.319 e. The Labute approximate surface area is 86.2 Å². The van der Waals surface area contributed by atoms with Gasteiger partial charge in [-0.05, 0) is 12.1 Å². The highest BCUT2D eigenvalue weighted by molar-refractivity contribution is 6.05. The number of amides is 3. The van der Waals surface area contributed by atoms with Crippen molar-refractivity contribution >= 4 is 17.6 Å². The van der Waals surface area contributed by atoms with Crippen LogP contribution in [0.15, 0.2) is 18.2 Å². The van der Waals surface area contributed by atoms with E-state index in [4.69, 9.17) is 16.2 Å². The Morgan fingerprint density at radius 1 is 1.40 bits per heavy atom. The Kier molecular flexibility index (Phi) is 3.12.